The van der Waals surface area contributed by atoms with Gasteiger partial charge in [-0.25, -0.2) is 0 Å². The maximum absolute atomic E-state index is 12.5. The Kier molecular flexibility index (Phi) is 3.95. The zero-order valence-electron chi connectivity index (χ0n) is 12.2. The molecule has 1 saturated heterocycles. The van der Waals surface area contributed by atoms with Crippen molar-refractivity contribution in [3.8, 4) is 5.75 Å². The van der Waals surface area contributed by atoms with Gasteiger partial charge in [0.2, 0.25) is 5.91 Å². The molecule has 108 valence electrons. The van der Waals surface area contributed by atoms with Gasteiger partial charge in [-0.3, -0.25) is 4.79 Å². The van der Waals surface area contributed by atoms with Gasteiger partial charge >= 0.3 is 0 Å². The van der Waals surface area contributed by atoms with E-state index >= 15 is 0 Å². The van der Waals surface area contributed by atoms with Crippen LogP contribution >= 0.6 is 0 Å². The third-order valence-corrected chi connectivity index (χ3v) is 4.51. The van der Waals surface area contributed by atoms with Crippen LogP contribution in [0, 0.1) is 5.92 Å². The lowest BCUT2D eigenvalue weighted by atomic mass is 9.89. The molecule has 3 nitrogen and oxygen atoms in total. The molecule has 2 unspecified atom stereocenters. The molecule has 20 heavy (non-hydrogen) atoms. The Bertz CT molecular complexity index is 486. The van der Waals surface area contributed by atoms with Gasteiger partial charge in [0.25, 0.3) is 0 Å². The first-order valence-corrected chi connectivity index (χ1v) is 7.73. The van der Waals surface area contributed by atoms with Crippen molar-refractivity contribution in [2.45, 2.75) is 38.5 Å². The predicted molar refractivity (Wildman–Crippen MR) is 78.9 cm³/mol. The fourth-order valence-electron chi connectivity index (χ4n) is 3.38. The van der Waals surface area contributed by atoms with Crippen LogP contribution in [-0.2, 0) is 4.79 Å². The van der Waals surface area contributed by atoms with Crippen molar-refractivity contribution in [3.63, 3.8) is 0 Å². The van der Waals surface area contributed by atoms with E-state index in [0.29, 0.717) is 24.2 Å². The Balaban J connectivity index is 1.68. The highest BCUT2D eigenvalue weighted by atomic mass is 16.5. The number of likely N-dealkylation sites (tertiary alicyclic amines) is 1. The Morgan fingerprint density at radius 2 is 2.20 bits per heavy atom. The first kappa shape index (κ1) is 13.5. The van der Waals surface area contributed by atoms with Crippen LogP contribution in [0.1, 0.15) is 44.1 Å². The number of carbonyl (C=O) groups is 1. The molecule has 3 rings (SSSR count). The molecule has 1 aromatic rings. The summed E-state index contributed by atoms with van der Waals surface area (Å²) < 4.78 is 5.67. The van der Waals surface area contributed by atoms with E-state index in [4.69, 9.17) is 4.74 Å². The molecule has 2 atom stereocenters. The average Bonchev–Trinajstić information content (AvgIpc) is 2.47. The topological polar surface area (TPSA) is 29.5 Å². The molecule has 0 aliphatic carbocycles. The second kappa shape index (κ2) is 5.86. The minimum absolute atomic E-state index is 0.318. The number of para-hydroxylation sites is 1. The molecular weight excluding hydrogens is 250 g/mol. The molecule has 0 saturated carbocycles. The van der Waals surface area contributed by atoms with Crippen LogP contribution in [0.2, 0.25) is 0 Å². The van der Waals surface area contributed by atoms with Crippen molar-refractivity contribution >= 4 is 5.91 Å². The molecule has 1 amide bonds. The number of rotatable bonds is 2. The molecule has 0 spiro atoms. The van der Waals surface area contributed by atoms with Crippen molar-refractivity contribution in [1.29, 1.82) is 0 Å². The maximum atomic E-state index is 12.5. The van der Waals surface area contributed by atoms with E-state index in [1.165, 1.54) is 12.0 Å². The van der Waals surface area contributed by atoms with Gasteiger partial charge in [0.15, 0.2) is 0 Å². The number of hydrogen-bond donors (Lipinski definition) is 0. The van der Waals surface area contributed by atoms with E-state index in [9.17, 15) is 4.79 Å². The molecule has 0 N–H and O–H groups in total. The summed E-state index contributed by atoms with van der Waals surface area (Å²) in [5, 5.41) is 0. The lowest BCUT2D eigenvalue weighted by molar-refractivity contribution is -0.133. The summed E-state index contributed by atoms with van der Waals surface area (Å²) in [5.74, 6) is 2.25. The molecular formula is C17H23NO2. The summed E-state index contributed by atoms with van der Waals surface area (Å²) >= 11 is 0. The van der Waals surface area contributed by atoms with Crippen molar-refractivity contribution in [2.24, 2.45) is 5.92 Å². The molecule has 2 heterocycles. The number of carbonyl (C=O) groups excluding carboxylic acids is 1. The third kappa shape index (κ3) is 2.82. The second-order valence-corrected chi connectivity index (χ2v) is 6.16. The number of fused-ring (bicyclic) bond motifs is 1. The monoisotopic (exact) mass is 273 g/mol. The van der Waals surface area contributed by atoms with E-state index < -0.39 is 0 Å². The van der Waals surface area contributed by atoms with Gasteiger partial charge < -0.3 is 9.64 Å². The molecule has 0 bridgehead atoms. The van der Waals surface area contributed by atoms with Crippen molar-refractivity contribution in [1.82, 2.24) is 4.90 Å². The van der Waals surface area contributed by atoms with E-state index in [1.54, 1.807) is 0 Å². The first-order valence-electron chi connectivity index (χ1n) is 7.73. The molecule has 1 fully saturated rings. The highest BCUT2D eigenvalue weighted by Crippen LogP contribution is 2.36. The second-order valence-electron chi connectivity index (χ2n) is 6.16. The van der Waals surface area contributed by atoms with Crippen molar-refractivity contribution < 1.29 is 9.53 Å². The SMILES string of the molecule is CC1CCCN(C(=O)CC2CCOc3ccccc32)C1. The summed E-state index contributed by atoms with van der Waals surface area (Å²) in [5.41, 5.74) is 1.21. The van der Waals surface area contributed by atoms with E-state index in [2.05, 4.69) is 17.9 Å². The lowest BCUT2D eigenvalue weighted by Gasteiger charge is -2.33. The molecule has 1 aromatic carbocycles. The van der Waals surface area contributed by atoms with Crippen molar-refractivity contribution in [2.75, 3.05) is 19.7 Å². The standard InChI is InChI=1S/C17H23NO2/c1-13-5-4-9-18(12-13)17(19)11-14-8-10-20-16-7-3-2-6-15(14)16/h2-3,6-7,13-14H,4-5,8-12H2,1H3. The third-order valence-electron chi connectivity index (χ3n) is 4.51. The fourth-order valence-corrected chi connectivity index (χ4v) is 3.38. The maximum Gasteiger partial charge on any atom is 0.223 e. The van der Waals surface area contributed by atoms with Gasteiger partial charge in [0, 0.05) is 19.5 Å². The molecule has 0 radical (unpaired) electrons. The van der Waals surface area contributed by atoms with Gasteiger partial charge in [-0.1, -0.05) is 25.1 Å². The highest BCUT2D eigenvalue weighted by Gasteiger charge is 2.27. The van der Waals surface area contributed by atoms with E-state index in [0.717, 1.165) is 38.3 Å². The van der Waals surface area contributed by atoms with Gasteiger partial charge in [-0.05, 0) is 42.7 Å². The summed E-state index contributed by atoms with van der Waals surface area (Å²) in [6.07, 6.45) is 3.99. The normalized spacial score (nSPS) is 25.8. The minimum atomic E-state index is 0.318. The number of nitrogens with zero attached hydrogens (tertiary/aromatic N) is 1. The Labute approximate surface area is 120 Å². The lowest BCUT2D eigenvalue weighted by Crippen LogP contribution is -2.39. The Hall–Kier alpha value is -1.51. The summed E-state index contributed by atoms with van der Waals surface area (Å²) in [4.78, 5) is 14.6. The molecule has 0 aromatic heterocycles. The zero-order valence-corrected chi connectivity index (χ0v) is 12.2. The van der Waals surface area contributed by atoms with Crippen LogP contribution < -0.4 is 4.74 Å². The zero-order chi connectivity index (χ0) is 13.9. The smallest absolute Gasteiger partial charge is 0.223 e. The van der Waals surface area contributed by atoms with E-state index in [1.807, 2.05) is 18.2 Å². The van der Waals surface area contributed by atoms with Gasteiger partial charge in [0.05, 0.1) is 6.61 Å². The molecule has 2 aliphatic heterocycles. The summed E-state index contributed by atoms with van der Waals surface area (Å²) in [6, 6.07) is 8.14. The Morgan fingerprint density at radius 1 is 1.35 bits per heavy atom. The van der Waals surface area contributed by atoms with Crippen LogP contribution in [0.5, 0.6) is 5.75 Å². The number of benzene rings is 1. The summed E-state index contributed by atoms with van der Waals surface area (Å²) in [6.45, 7) is 4.84. The quantitative estimate of drug-likeness (QED) is 0.828. The summed E-state index contributed by atoms with van der Waals surface area (Å²) in [7, 11) is 0. The van der Waals surface area contributed by atoms with Gasteiger partial charge in [-0.2, -0.15) is 0 Å². The van der Waals surface area contributed by atoms with E-state index in [-0.39, 0.29) is 0 Å². The first-order chi connectivity index (χ1) is 9.74. The van der Waals surface area contributed by atoms with Crippen molar-refractivity contribution in [3.05, 3.63) is 29.8 Å². The molecule has 3 heteroatoms. The number of piperidine rings is 1. The number of hydrogen-bond acceptors (Lipinski definition) is 2. The fraction of sp³-hybridized carbons (Fsp3) is 0.588. The highest BCUT2D eigenvalue weighted by molar-refractivity contribution is 5.77. The molecule has 2 aliphatic rings. The van der Waals surface area contributed by atoms with Gasteiger partial charge in [-0.15, -0.1) is 0 Å². The van der Waals surface area contributed by atoms with Gasteiger partial charge in [0.1, 0.15) is 5.75 Å². The van der Waals surface area contributed by atoms with Crippen LogP contribution in [0.3, 0.4) is 0 Å². The van der Waals surface area contributed by atoms with Crippen LogP contribution in [0.15, 0.2) is 24.3 Å². The van der Waals surface area contributed by atoms with Crippen LogP contribution in [-0.4, -0.2) is 30.5 Å². The number of amides is 1. The minimum Gasteiger partial charge on any atom is -0.493 e. The number of ether oxygens (including phenoxy) is 1. The largest absolute Gasteiger partial charge is 0.493 e. The van der Waals surface area contributed by atoms with Crippen LogP contribution in [0.4, 0.5) is 0 Å². The van der Waals surface area contributed by atoms with Crippen LogP contribution in [0.25, 0.3) is 0 Å². The Morgan fingerprint density at radius 3 is 3.05 bits per heavy atom. The predicted octanol–water partition coefficient (Wildman–Crippen LogP) is 3.20. The average molecular weight is 273 g/mol.